The first-order valence-corrected chi connectivity index (χ1v) is 6.86. The van der Waals surface area contributed by atoms with Crippen LogP contribution < -0.4 is 5.32 Å². The molecule has 6 heteroatoms. The Bertz CT molecular complexity index is 583. The molecule has 0 saturated heterocycles. The standard InChI is InChI=1S/C12H13ClN2O2S/c1-3-14-12-15-9-5-7(11(16)17-4-2)8(13)6-10(9)18-12/h5-6H,3-4H2,1-2H3,(H,14,15). The van der Waals surface area contributed by atoms with Gasteiger partial charge in [0.15, 0.2) is 5.13 Å². The zero-order chi connectivity index (χ0) is 13.1. The molecular weight excluding hydrogens is 272 g/mol. The van der Waals surface area contributed by atoms with Gasteiger partial charge in [0, 0.05) is 6.54 Å². The van der Waals surface area contributed by atoms with E-state index in [4.69, 9.17) is 16.3 Å². The van der Waals surface area contributed by atoms with E-state index in [1.807, 2.05) is 6.92 Å². The van der Waals surface area contributed by atoms with E-state index in [9.17, 15) is 4.79 Å². The molecule has 0 unspecified atom stereocenters. The second-order valence-electron chi connectivity index (χ2n) is 3.57. The van der Waals surface area contributed by atoms with Gasteiger partial charge in [-0.25, -0.2) is 9.78 Å². The van der Waals surface area contributed by atoms with Gasteiger partial charge in [-0.1, -0.05) is 22.9 Å². The van der Waals surface area contributed by atoms with E-state index < -0.39 is 5.97 Å². The Kier molecular flexibility index (Phi) is 4.04. The van der Waals surface area contributed by atoms with Gasteiger partial charge in [0.05, 0.1) is 27.4 Å². The molecule has 1 aromatic carbocycles. The van der Waals surface area contributed by atoms with Crippen molar-refractivity contribution in [3.05, 3.63) is 22.7 Å². The average molecular weight is 285 g/mol. The van der Waals surface area contributed by atoms with E-state index in [1.165, 1.54) is 11.3 Å². The number of thiazole rings is 1. The Balaban J connectivity index is 2.43. The number of hydrogen-bond donors (Lipinski definition) is 1. The van der Waals surface area contributed by atoms with E-state index >= 15 is 0 Å². The third-order valence-electron chi connectivity index (χ3n) is 2.30. The molecule has 96 valence electrons. The van der Waals surface area contributed by atoms with Crippen molar-refractivity contribution >= 4 is 44.3 Å². The molecule has 0 fully saturated rings. The van der Waals surface area contributed by atoms with Crippen LogP contribution in [0.5, 0.6) is 0 Å². The number of carbonyl (C=O) groups excluding carboxylic acids is 1. The minimum atomic E-state index is -0.414. The lowest BCUT2D eigenvalue weighted by Crippen LogP contribution is -2.05. The summed E-state index contributed by atoms with van der Waals surface area (Å²) in [5.74, 6) is -0.414. The maximum atomic E-state index is 11.7. The Morgan fingerprint density at radius 3 is 2.94 bits per heavy atom. The van der Waals surface area contributed by atoms with Gasteiger partial charge in [0.25, 0.3) is 0 Å². The molecule has 1 N–H and O–H groups in total. The van der Waals surface area contributed by atoms with Crippen LogP contribution in [0.4, 0.5) is 5.13 Å². The highest BCUT2D eigenvalue weighted by atomic mass is 35.5. The maximum absolute atomic E-state index is 11.7. The summed E-state index contributed by atoms with van der Waals surface area (Å²) in [6.07, 6.45) is 0. The molecule has 2 rings (SSSR count). The zero-order valence-electron chi connectivity index (χ0n) is 10.1. The second-order valence-corrected chi connectivity index (χ2v) is 5.01. The minimum absolute atomic E-state index is 0.326. The van der Waals surface area contributed by atoms with Gasteiger partial charge in [-0.05, 0) is 26.0 Å². The molecular formula is C12H13ClN2O2S. The molecule has 0 atom stereocenters. The van der Waals surface area contributed by atoms with Crippen LogP contribution in [0.25, 0.3) is 10.2 Å². The molecule has 0 aliphatic rings. The number of aromatic nitrogens is 1. The molecule has 1 heterocycles. The first-order valence-electron chi connectivity index (χ1n) is 5.66. The summed E-state index contributed by atoms with van der Waals surface area (Å²) >= 11 is 7.59. The fraction of sp³-hybridized carbons (Fsp3) is 0.333. The van der Waals surface area contributed by atoms with Crippen LogP contribution in [0.2, 0.25) is 5.02 Å². The molecule has 0 saturated carbocycles. The van der Waals surface area contributed by atoms with Crippen molar-refractivity contribution in [3.8, 4) is 0 Å². The zero-order valence-corrected chi connectivity index (χ0v) is 11.7. The normalized spacial score (nSPS) is 10.6. The van der Waals surface area contributed by atoms with Crippen LogP contribution in [0.1, 0.15) is 24.2 Å². The summed E-state index contributed by atoms with van der Waals surface area (Å²) in [5, 5.41) is 4.36. The molecule has 0 radical (unpaired) electrons. The fourth-order valence-electron chi connectivity index (χ4n) is 1.54. The number of hydrogen-bond acceptors (Lipinski definition) is 5. The molecule has 0 amide bonds. The molecule has 2 aromatic rings. The van der Waals surface area contributed by atoms with Crippen molar-refractivity contribution in [3.63, 3.8) is 0 Å². The number of nitrogens with one attached hydrogen (secondary N) is 1. The minimum Gasteiger partial charge on any atom is -0.462 e. The van der Waals surface area contributed by atoms with Crippen molar-refractivity contribution in [2.75, 3.05) is 18.5 Å². The monoisotopic (exact) mass is 284 g/mol. The highest BCUT2D eigenvalue weighted by Gasteiger charge is 2.14. The number of anilines is 1. The van der Waals surface area contributed by atoms with Crippen LogP contribution in [0, 0.1) is 0 Å². The smallest absolute Gasteiger partial charge is 0.339 e. The summed E-state index contributed by atoms with van der Waals surface area (Å²) in [6.45, 7) is 4.89. The number of esters is 1. The van der Waals surface area contributed by atoms with Gasteiger partial charge < -0.3 is 10.1 Å². The first-order chi connectivity index (χ1) is 8.65. The molecule has 1 aromatic heterocycles. The van der Waals surface area contributed by atoms with Crippen molar-refractivity contribution in [2.24, 2.45) is 0 Å². The number of benzene rings is 1. The Labute approximate surface area is 114 Å². The Morgan fingerprint density at radius 2 is 2.28 bits per heavy atom. The van der Waals surface area contributed by atoms with E-state index in [0.29, 0.717) is 17.2 Å². The highest BCUT2D eigenvalue weighted by molar-refractivity contribution is 7.22. The van der Waals surface area contributed by atoms with Gasteiger partial charge >= 0.3 is 5.97 Å². The number of ether oxygens (including phenoxy) is 1. The molecule has 0 aliphatic carbocycles. The lowest BCUT2D eigenvalue weighted by atomic mass is 10.2. The quantitative estimate of drug-likeness (QED) is 0.872. The van der Waals surface area contributed by atoms with Gasteiger partial charge in [0.2, 0.25) is 0 Å². The average Bonchev–Trinajstić information content (AvgIpc) is 2.70. The van der Waals surface area contributed by atoms with Crippen LogP contribution in [-0.4, -0.2) is 24.1 Å². The molecule has 0 spiro atoms. The van der Waals surface area contributed by atoms with Crippen LogP contribution in [0.3, 0.4) is 0 Å². The van der Waals surface area contributed by atoms with Gasteiger partial charge in [0.1, 0.15) is 0 Å². The predicted octanol–water partition coefficient (Wildman–Crippen LogP) is 3.56. The summed E-state index contributed by atoms with van der Waals surface area (Å²) in [6, 6.07) is 3.43. The van der Waals surface area contributed by atoms with Gasteiger partial charge in [-0.3, -0.25) is 0 Å². The van der Waals surface area contributed by atoms with Crippen LogP contribution >= 0.6 is 22.9 Å². The Hall–Kier alpha value is -1.33. The van der Waals surface area contributed by atoms with Crippen molar-refractivity contribution in [1.82, 2.24) is 4.98 Å². The second kappa shape index (κ2) is 5.54. The van der Waals surface area contributed by atoms with E-state index in [0.717, 1.165) is 21.9 Å². The SMILES string of the molecule is CCNc1nc2cc(C(=O)OCC)c(Cl)cc2s1. The lowest BCUT2D eigenvalue weighted by Gasteiger charge is -2.03. The third-order valence-corrected chi connectivity index (χ3v) is 3.59. The maximum Gasteiger partial charge on any atom is 0.339 e. The third kappa shape index (κ3) is 2.57. The number of rotatable bonds is 4. The number of fused-ring (bicyclic) bond motifs is 1. The molecule has 4 nitrogen and oxygen atoms in total. The summed E-state index contributed by atoms with van der Waals surface area (Å²) < 4.78 is 5.90. The molecule has 0 bridgehead atoms. The van der Waals surface area contributed by atoms with E-state index in [2.05, 4.69) is 10.3 Å². The molecule has 18 heavy (non-hydrogen) atoms. The van der Waals surface area contributed by atoms with Gasteiger partial charge in [-0.15, -0.1) is 0 Å². The number of nitrogens with zero attached hydrogens (tertiary/aromatic N) is 1. The molecule has 0 aliphatic heterocycles. The number of halogens is 1. The highest BCUT2D eigenvalue weighted by Crippen LogP contribution is 2.31. The van der Waals surface area contributed by atoms with Crippen LogP contribution in [0.15, 0.2) is 12.1 Å². The first kappa shape index (κ1) is 13.1. The van der Waals surface area contributed by atoms with Crippen molar-refractivity contribution in [1.29, 1.82) is 0 Å². The van der Waals surface area contributed by atoms with Crippen molar-refractivity contribution < 1.29 is 9.53 Å². The largest absolute Gasteiger partial charge is 0.462 e. The summed E-state index contributed by atoms with van der Waals surface area (Å²) in [7, 11) is 0. The Morgan fingerprint density at radius 1 is 1.50 bits per heavy atom. The topological polar surface area (TPSA) is 51.2 Å². The summed E-state index contributed by atoms with van der Waals surface area (Å²) in [4.78, 5) is 16.1. The van der Waals surface area contributed by atoms with Crippen LogP contribution in [-0.2, 0) is 4.74 Å². The lowest BCUT2D eigenvalue weighted by molar-refractivity contribution is 0.0527. The van der Waals surface area contributed by atoms with Gasteiger partial charge in [-0.2, -0.15) is 0 Å². The predicted molar refractivity (Wildman–Crippen MR) is 74.8 cm³/mol. The van der Waals surface area contributed by atoms with Crippen molar-refractivity contribution in [2.45, 2.75) is 13.8 Å². The number of carbonyl (C=O) groups is 1. The summed E-state index contributed by atoms with van der Waals surface area (Å²) in [5.41, 5.74) is 1.11. The van der Waals surface area contributed by atoms with E-state index in [1.54, 1.807) is 19.1 Å². The fourth-order valence-corrected chi connectivity index (χ4v) is 2.80. The van der Waals surface area contributed by atoms with E-state index in [-0.39, 0.29) is 0 Å².